The normalized spacial score (nSPS) is 18.1. The summed E-state index contributed by atoms with van der Waals surface area (Å²) in [6, 6.07) is 4.50. The van der Waals surface area contributed by atoms with Gasteiger partial charge >= 0.3 is 0 Å². The van der Waals surface area contributed by atoms with Gasteiger partial charge in [0.2, 0.25) is 11.8 Å². The van der Waals surface area contributed by atoms with Gasteiger partial charge in [-0.05, 0) is 37.6 Å². The number of methoxy groups -OCH3 is 1. The Labute approximate surface area is 111 Å². The Bertz CT molecular complexity index is 496. The number of hydrogen-bond donors (Lipinski definition) is 3. The average molecular weight is 263 g/mol. The molecule has 0 radical (unpaired) electrons. The first-order valence-electron chi connectivity index (χ1n) is 6.14. The van der Waals surface area contributed by atoms with Crippen LogP contribution in [-0.4, -0.2) is 31.5 Å². The molecule has 1 atom stereocenters. The molecule has 19 heavy (non-hydrogen) atoms. The van der Waals surface area contributed by atoms with Gasteiger partial charge in [-0.3, -0.25) is 9.59 Å². The van der Waals surface area contributed by atoms with Crippen LogP contribution in [0.4, 0.5) is 5.69 Å². The quantitative estimate of drug-likeness (QED) is 0.736. The van der Waals surface area contributed by atoms with Crippen molar-refractivity contribution in [3.63, 3.8) is 0 Å². The van der Waals surface area contributed by atoms with Crippen molar-refractivity contribution in [1.82, 2.24) is 5.32 Å². The standard InChI is InChI=1S/C13H17N3O3/c1-19-11-5-4-8(12(14)17)7-10(11)16-13(18)9-3-2-6-15-9/h4-5,7,9,15H,2-3,6H2,1H3,(H2,14,17)(H,16,18). The summed E-state index contributed by atoms with van der Waals surface area (Å²) in [4.78, 5) is 23.2. The van der Waals surface area contributed by atoms with Gasteiger partial charge in [-0.1, -0.05) is 0 Å². The van der Waals surface area contributed by atoms with E-state index < -0.39 is 5.91 Å². The van der Waals surface area contributed by atoms with Crippen LogP contribution in [0.2, 0.25) is 0 Å². The predicted molar refractivity (Wildman–Crippen MR) is 71.2 cm³/mol. The van der Waals surface area contributed by atoms with Gasteiger partial charge in [-0.2, -0.15) is 0 Å². The molecular formula is C13H17N3O3. The van der Waals surface area contributed by atoms with E-state index in [1.165, 1.54) is 13.2 Å². The molecule has 2 amide bonds. The van der Waals surface area contributed by atoms with Gasteiger partial charge in [0.15, 0.2) is 0 Å². The van der Waals surface area contributed by atoms with E-state index in [2.05, 4.69) is 10.6 Å². The third-order valence-electron chi connectivity index (χ3n) is 3.12. The number of ether oxygens (including phenoxy) is 1. The van der Waals surface area contributed by atoms with E-state index in [0.717, 1.165) is 19.4 Å². The number of anilines is 1. The molecule has 1 unspecified atom stereocenters. The van der Waals surface area contributed by atoms with Gasteiger partial charge < -0.3 is 21.1 Å². The Morgan fingerprint density at radius 2 is 2.26 bits per heavy atom. The third kappa shape index (κ3) is 3.03. The summed E-state index contributed by atoms with van der Waals surface area (Å²) in [5, 5.41) is 5.87. The van der Waals surface area contributed by atoms with Crippen LogP contribution in [0.3, 0.4) is 0 Å². The summed E-state index contributed by atoms with van der Waals surface area (Å²) in [6.45, 7) is 0.844. The van der Waals surface area contributed by atoms with Gasteiger partial charge in [0.25, 0.3) is 0 Å². The maximum absolute atomic E-state index is 12.0. The maximum atomic E-state index is 12.0. The molecule has 0 aliphatic carbocycles. The molecule has 0 saturated carbocycles. The number of rotatable bonds is 4. The second-order valence-electron chi connectivity index (χ2n) is 4.42. The third-order valence-corrected chi connectivity index (χ3v) is 3.12. The van der Waals surface area contributed by atoms with Crippen LogP contribution in [0.5, 0.6) is 5.75 Å². The molecule has 1 aliphatic heterocycles. The SMILES string of the molecule is COc1ccc(C(N)=O)cc1NC(=O)C1CCCN1. The molecule has 2 rings (SSSR count). The van der Waals surface area contributed by atoms with E-state index in [-0.39, 0.29) is 11.9 Å². The van der Waals surface area contributed by atoms with Gasteiger partial charge in [-0.25, -0.2) is 0 Å². The molecule has 0 spiro atoms. The molecule has 6 heteroatoms. The number of primary amides is 1. The number of hydrogen-bond acceptors (Lipinski definition) is 4. The fourth-order valence-corrected chi connectivity index (χ4v) is 2.09. The average Bonchev–Trinajstić information content (AvgIpc) is 2.92. The number of benzene rings is 1. The van der Waals surface area contributed by atoms with Crippen molar-refractivity contribution >= 4 is 17.5 Å². The van der Waals surface area contributed by atoms with E-state index in [9.17, 15) is 9.59 Å². The summed E-state index contributed by atoms with van der Waals surface area (Å²) >= 11 is 0. The monoisotopic (exact) mass is 263 g/mol. The highest BCUT2D eigenvalue weighted by atomic mass is 16.5. The molecule has 4 N–H and O–H groups in total. The Kier molecular flexibility index (Phi) is 4.01. The fraction of sp³-hybridized carbons (Fsp3) is 0.385. The van der Waals surface area contributed by atoms with Crippen LogP contribution in [0, 0.1) is 0 Å². The first-order valence-corrected chi connectivity index (χ1v) is 6.14. The lowest BCUT2D eigenvalue weighted by molar-refractivity contribution is -0.117. The van der Waals surface area contributed by atoms with Crippen LogP contribution in [0.15, 0.2) is 18.2 Å². The molecular weight excluding hydrogens is 246 g/mol. The van der Waals surface area contributed by atoms with Gasteiger partial charge in [0, 0.05) is 5.56 Å². The number of amides is 2. The van der Waals surface area contributed by atoms with Crippen molar-refractivity contribution < 1.29 is 14.3 Å². The molecule has 0 aromatic heterocycles. The van der Waals surface area contributed by atoms with Crippen molar-refractivity contribution in [3.8, 4) is 5.75 Å². The maximum Gasteiger partial charge on any atom is 0.248 e. The highest BCUT2D eigenvalue weighted by molar-refractivity contribution is 5.99. The molecule has 1 heterocycles. The molecule has 1 aromatic carbocycles. The molecule has 1 fully saturated rings. The Morgan fingerprint density at radius 3 is 2.84 bits per heavy atom. The topological polar surface area (TPSA) is 93.4 Å². The van der Waals surface area contributed by atoms with Gasteiger partial charge in [-0.15, -0.1) is 0 Å². The highest BCUT2D eigenvalue weighted by Crippen LogP contribution is 2.26. The first kappa shape index (κ1) is 13.4. The molecule has 102 valence electrons. The minimum atomic E-state index is -0.544. The summed E-state index contributed by atoms with van der Waals surface area (Å²) in [7, 11) is 1.50. The van der Waals surface area contributed by atoms with Crippen LogP contribution >= 0.6 is 0 Å². The van der Waals surface area contributed by atoms with Gasteiger partial charge in [0.05, 0.1) is 18.8 Å². The molecule has 1 saturated heterocycles. The predicted octanol–water partition coefficient (Wildman–Crippen LogP) is 0.485. The van der Waals surface area contributed by atoms with Crippen LogP contribution in [0.25, 0.3) is 0 Å². The number of nitrogens with two attached hydrogens (primary N) is 1. The van der Waals surface area contributed by atoms with E-state index in [4.69, 9.17) is 10.5 Å². The summed E-state index contributed by atoms with van der Waals surface area (Å²) in [6.07, 6.45) is 1.79. The lowest BCUT2D eigenvalue weighted by atomic mass is 10.1. The Hall–Kier alpha value is -2.08. The first-order chi connectivity index (χ1) is 9.11. The molecule has 1 aliphatic rings. The van der Waals surface area contributed by atoms with Crippen molar-refractivity contribution in [2.24, 2.45) is 5.73 Å². The molecule has 0 bridgehead atoms. The Balaban J connectivity index is 2.19. The summed E-state index contributed by atoms with van der Waals surface area (Å²) in [5.41, 5.74) is 6.01. The van der Waals surface area contributed by atoms with E-state index in [1.807, 2.05) is 0 Å². The zero-order valence-corrected chi connectivity index (χ0v) is 10.7. The minimum absolute atomic E-state index is 0.127. The van der Waals surface area contributed by atoms with Crippen molar-refractivity contribution in [2.45, 2.75) is 18.9 Å². The molecule has 6 nitrogen and oxygen atoms in total. The smallest absolute Gasteiger partial charge is 0.248 e. The largest absolute Gasteiger partial charge is 0.495 e. The fourth-order valence-electron chi connectivity index (χ4n) is 2.09. The second-order valence-corrected chi connectivity index (χ2v) is 4.42. The Morgan fingerprint density at radius 1 is 1.47 bits per heavy atom. The zero-order valence-electron chi connectivity index (χ0n) is 10.7. The zero-order chi connectivity index (χ0) is 13.8. The summed E-state index contributed by atoms with van der Waals surface area (Å²) in [5.74, 6) is -0.175. The van der Waals surface area contributed by atoms with Crippen LogP contribution in [-0.2, 0) is 4.79 Å². The number of carbonyl (C=O) groups excluding carboxylic acids is 2. The highest BCUT2D eigenvalue weighted by Gasteiger charge is 2.23. The lowest BCUT2D eigenvalue weighted by Crippen LogP contribution is -2.35. The number of nitrogens with one attached hydrogen (secondary N) is 2. The van der Waals surface area contributed by atoms with E-state index >= 15 is 0 Å². The van der Waals surface area contributed by atoms with Crippen molar-refractivity contribution in [3.05, 3.63) is 23.8 Å². The van der Waals surface area contributed by atoms with Gasteiger partial charge in [0.1, 0.15) is 5.75 Å². The van der Waals surface area contributed by atoms with E-state index in [1.54, 1.807) is 12.1 Å². The van der Waals surface area contributed by atoms with Crippen LogP contribution in [0.1, 0.15) is 23.2 Å². The second kappa shape index (κ2) is 5.71. The van der Waals surface area contributed by atoms with Crippen molar-refractivity contribution in [1.29, 1.82) is 0 Å². The van der Waals surface area contributed by atoms with E-state index in [0.29, 0.717) is 17.0 Å². The minimum Gasteiger partial charge on any atom is -0.495 e. The lowest BCUT2D eigenvalue weighted by Gasteiger charge is -2.14. The number of carbonyl (C=O) groups is 2. The van der Waals surface area contributed by atoms with Crippen LogP contribution < -0.4 is 21.1 Å². The summed E-state index contributed by atoms with van der Waals surface area (Å²) < 4.78 is 5.16. The van der Waals surface area contributed by atoms with Crippen molar-refractivity contribution in [2.75, 3.05) is 19.0 Å². The molecule has 1 aromatic rings.